The van der Waals surface area contributed by atoms with Crippen molar-refractivity contribution in [3.63, 3.8) is 0 Å². The standard InChI is InChI=1S/C16H23N3/c1-4-15-18-14(16(17)19(15)5-2)11-12(3)13-9-7-6-8-10-13/h6-10,12H,4-5,11,17H2,1-3H3. The van der Waals surface area contributed by atoms with Gasteiger partial charge in [0.05, 0.1) is 5.69 Å². The van der Waals surface area contributed by atoms with E-state index in [1.807, 2.05) is 6.07 Å². The fourth-order valence-electron chi connectivity index (χ4n) is 2.53. The van der Waals surface area contributed by atoms with E-state index < -0.39 is 0 Å². The molecule has 3 heteroatoms. The van der Waals surface area contributed by atoms with Gasteiger partial charge < -0.3 is 10.3 Å². The van der Waals surface area contributed by atoms with Crippen LogP contribution in [0.1, 0.15) is 43.8 Å². The Balaban J connectivity index is 2.22. The number of aromatic nitrogens is 2. The number of aryl methyl sites for hydroxylation is 1. The van der Waals surface area contributed by atoms with E-state index in [4.69, 9.17) is 10.7 Å². The van der Waals surface area contributed by atoms with Crippen LogP contribution in [-0.4, -0.2) is 9.55 Å². The van der Waals surface area contributed by atoms with Crippen LogP contribution in [-0.2, 0) is 19.4 Å². The highest BCUT2D eigenvalue weighted by molar-refractivity contribution is 5.39. The predicted octanol–water partition coefficient (Wildman–Crippen LogP) is 3.39. The Morgan fingerprint density at radius 3 is 2.42 bits per heavy atom. The van der Waals surface area contributed by atoms with Gasteiger partial charge in [0.15, 0.2) is 0 Å². The molecule has 19 heavy (non-hydrogen) atoms. The van der Waals surface area contributed by atoms with Gasteiger partial charge in [0.25, 0.3) is 0 Å². The highest BCUT2D eigenvalue weighted by Crippen LogP contribution is 2.24. The van der Waals surface area contributed by atoms with E-state index in [-0.39, 0.29) is 0 Å². The maximum atomic E-state index is 6.22. The number of imidazole rings is 1. The summed E-state index contributed by atoms with van der Waals surface area (Å²) >= 11 is 0. The number of nitrogens with two attached hydrogens (primary N) is 1. The van der Waals surface area contributed by atoms with Crippen molar-refractivity contribution >= 4 is 5.82 Å². The number of nitrogens with zero attached hydrogens (tertiary/aromatic N) is 2. The number of hydrogen-bond donors (Lipinski definition) is 1. The van der Waals surface area contributed by atoms with Crippen LogP contribution < -0.4 is 5.73 Å². The van der Waals surface area contributed by atoms with Crippen molar-refractivity contribution in [2.45, 2.75) is 46.1 Å². The Morgan fingerprint density at radius 2 is 1.89 bits per heavy atom. The second-order valence-electron chi connectivity index (χ2n) is 4.97. The van der Waals surface area contributed by atoms with E-state index in [2.05, 4.69) is 49.6 Å². The molecule has 0 bridgehead atoms. The third-order valence-corrected chi connectivity index (χ3v) is 3.66. The zero-order valence-corrected chi connectivity index (χ0v) is 12.1. The molecule has 0 aliphatic rings. The largest absolute Gasteiger partial charge is 0.384 e. The number of benzene rings is 1. The van der Waals surface area contributed by atoms with Gasteiger partial charge in [0.1, 0.15) is 11.6 Å². The van der Waals surface area contributed by atoms with Gasteiger partial charge in [-0.15, -0.1) is 0 Å². The second-order valence-corrected chi connectivity index (χ2v) is 4.97. The Bertz CT molecular complexity index is 528. The van der Waals surface area contributed by atoms with Crippen LogP contribution in [0.3, 0.4) is 0 Å². The minimum absolute atomic E-state index is 0.438. The van der Waals surface area contributed by atoms with Crippen LogP contribution >= 0.6 is 0 Å². The van der Waals surface area contributed by atoms with Crippen molar-refractivity contribution in [2.24, 2.45) is 0 Å². The zero-order chi connectivity index (χ0) is 13.8. The fourth-order valence-corrected chi connectivity index (χ4v) is 2.53. The minimum atomic E-state index is 0.438. The van der Waals surface area contributed by atoms with Gasteiger partial charge in [-0.25, -0.2) is 4.98 Å². The first-order valence-corrected chi connectivity index (χ1v) is 7.06. The first-order valence-electron chi connectivity index (χ1n) is 7.06. The van der Waals surface area contributed by atoms with Gasteiger partial charge in [0, 0.05) is 13.0 Å². The molecular formula is C16H23N3. The summed E-state index contributed by atoms with van der Waals surface area (Å²) in [6.45, 7) is 7.35. The molecule has 1 aromatic carbocycles. The van der Waals surface area contributed by atoms with Crippen LogP contribution in [0, 0.1) is 0 Å². The number of hydrogen-bond acceptors (Lipinski definition) is 2. The summed E-state index contributed by atoms with van der Waals surface area (Å²) in [6, 6.07) is 10.5. The Morgan fingerprint density at radius 1 is 1.21 bits per heavy atom. The predicted molar refractivity (Wildman–Crippen MR) is 80.3 cm³/mol. The van der Waals surface area contributed by atoms with Gasteiger partial charge in [-0.2, -0.15) is 0 Å². The van der Waals surface area contributed by atoms with Crippen molar-refractivity contribution in [3.05, 3.63) is 47.4 Å². The number of nitrogen functional groups attached to an aromatic ring is 1. The van der Waals surface area contributed by atoms with Crippen LogP contribution in [0.15, 0.2) is 30.3 Å². The summed E-state index contributed by atoms with van der Waals surface area (Å²) in [5.41, 5.74) is 8.59. The Hall–Kier alpha value is -1.77. The first kappa shape index (κ1) is 13.7. The first-order chi connectivity index (χ1) is 9.17. The third kappa shape index (κ3) is 2.80. The summed E-state index contributed by atoms with van der Waals surface area (Å²) in [6.07, 6.45) is 1.83. The lowest BCUT2D eigenvalue weighted by molar-refractivity contribution is 0.713. The van der Waals surface area contributed by atoms with Crippen molar-refractivity contribution in [3.8, 4) is 0 Å². The average Bonchev–Trinajstić information content (AvgIpc) is 2.75. The molecule has 1 atom stereocenters. The average molecular weight is 257 g/mol. The molecule has 0 radical (unpaired) electrons. The second kappa shape index (κ2) is 5.91. The summed E-state index contributed by atoms with van der Waals surface area (Å²) < 4.78 is 2.12. The molecule has 1 heterocycles. The van der Waals surface area contributed by atoms with Gasteiger partial charge in [0.2, 0.25) is 0 Å². The number of rotatable bonds is 5. The summed E-state index contributed by atoms with van der Waals surface area (Å²) in [7, 11) is 0. The molecule has 0 spiro atoms. The topological polar surface area (TPSA) is 43.8 Å². The van der Waals surface area contributed by atoms with Gasteiger partial charge in [-0.1, -0.05) is 44.2 Å². The Kier molecular flexibility index (Phi) is 4.25. The van der Waals surface area contributed by atoms with Crippen LogP contribution in [0.25, 0.3) is 0 Å². The molecule has 3 nitrogen and oxygen atoms in total. The number of anilines is 1. The molecule has 0 fully saturated rings. The fraction of sp³-hybridized carbons (Fsp3) is 0.438. The van der Waals surface area contributed by atoms with Crippen LogP contribution in [0.2, 0.25) is 0 Å². The van der Waals surface area contributed by atoms with E-state index in [1.54, 1.807) is 0 Å². The molecule has 0 amide bonds. The molecule has 0 aliphatic carbocycles. The minimum Gasteiger partial charge on any atom is -0.384 e. The molecule has 1 unspecified atom stereocenters. The highest BCUT2D eigenvalue weighted by atomic mass is 15.1. The zero-order valence-electron chi connectivity index (χ0n) is 12.1. The summed E-state index contributed by atoms with van der Waals surface area (Å²) in [5, 5.41) is 0. The van der Waals surface area contributed by atoms with E-state index in [1.165, 1.54) is 5.56 Å². The molecular weight excluding hydrogens is 234 g/mol. The molecule has 0 saturated carbocycles. The molecule has 0 aliphatic heterocycles. The highest BCUT2D eigenvalue weighted by Gasteiger charge is 2.15. The van der Waals surface area contributed by atoms with Crippen molar-refractivity contribution < 1.29 is 0 Å². The molecule has 2 N–H and O–H groups in total. The van der Waals surface area contributed by atoms with Crippen molar-refractivity contribution in [1.82, 2.24) is 9.55 Å². The van der Waals surface area contributed by atoms with Crippen LogP contribution in [0.4, 0.5) is 5.82 Å². The third-order valence-electron chi connectivity index (χ3n) is 3.66. The maximum absolute atomic E-state index is 6.22. The molecule has 102 valence electrons. The lowest BCUT2D eigenvalue weighted by Gasteiger charge is -2.11. The molecule has 2 aromatic rings. The smallest absolute Gasteiger partial charge is 0.126 e. The summed E-state index contributed by atoms with van der Waals surface area (Å²) in [5.74, 6) is 2.37. The monoisotopic (exact) mass is 257 g/mol. The van der Waals surface area contributed by atoms with Gasteiger partial charge in [-0.3, -0.25) is 0 Å². The maximum Gasteiger partial charge on any atom is 0.126 e. The quantitative estimate of drug-likeness (QED) is 0.892. The van der Waals surface area contributed by atoms with E-state index in [0.717, 1.165) is 36.7 Å². The van der Waals surface area contributed by atoms with Gasteiger partial charge >= 0.3 is 0 Å². The molecule has 2 rings (SSSR count). The molecule has 0 saturated heterocycles. The van der Waals surface area contributed by atoms with E-state index in [0.29, 0.717) is 5.92 Å². The van der Waals surface area contributed by atoms with Gasteiger partial charge in [-0.05, 0) is 24.8 Å². The van der Waals surface area contributed by atoms with Crippen LogP contribution in [0.5, 0.6) is 0 Å². The normalized spacial score (nSPS) is 12.6. The van der Waals surface area contributed by atoms with E-state index >= 15 is 0 Å². The van der Waals surface area contributed by atoms with Crippen molar-refractivity contribution in [2.75, 3.05) is 5.73 Å². The van der Waals surface area contributed by atoms with E-state index in [9.17, 15) is 0 Å². The molecule has 1 aromatic heterocycles. The lowest BCUT2D eigenvalue weighted by Crippen LogP contribution is -2.06. The lowest BCUT2D eigenvalue weighted by atomic mass is 9.96. The summed E-state index contributed by atoms with van der Waals surface area (Å²) in [4.78, 5) is 4.70. The van der Waals surface area contributed by atoms with Crippen molar-refractivity contribution in [1.29, 1.82) is 0 Å². The SMILES string of the molecule is CCc1nc(CC(C)c2ccccc2)c(N)n1CC. The Labute approximate surface area is 115 Å².